The number of fused-ring (bicyclic) bond motifs is 1. The molecular weight excluding hydrogens is 214 g/mol. The monoisotopic (exact) mass is 229 g/mol. The molecule has 4 nitrogen and oxygen atoms in total. The van der Waals surface area contributed by atoms with Crippen LogP contribution in [0.3, 0.4) is 0 Å². The number of rotatable bonds is 2. The molecule has 0 unspecified atom stereocenters. The van der Waals surface area contributed by atoms with Crippen molar-refractivity contribution in [3.8, 4) is 5.75 Å². The summed E-state index contributed by atoms with van der Waals surface area (Å²) < 4.78 is 5.26. The van der Waals surface area contributed by atoms with Gasteiger partial charge in [0, 0.05) is 18.7 Å². The summed E-state index contributed by atoms with van der Waals surface area (Å²) in [6.07, 6.45) is 2.78. The summed E-state index contributed by atoms with van der Waals surface area (Å²) in [7, 11) is 1.69. The van der Waals surface area contributed by atoms with Gasteiger partial charge < -0.3 is 15.0 Å². The van der Waals surface area contributed by atoms with Gasteiger partial charge in [0.2, 0.25) is 0 Å². The molecule has 2 heterocycles. The number of aromatic nitrogens is 2. The highest BCUT2D eigenvalue weighted by Crippen LogP contribution is 2.28. The molecular formula is C13H15N3O. The zero-order valence-electron chi connectivity index (χ0n) is 9.73. The van der Waals surface area contributed by atoms with Gasteiger partial charge in [0.15, 0.2) is 0 Å². The first-order valence-corrected chi connectivity index (χ1v) is 5.78. The zero-order valence-corrected chi connectivity index (χ0v) is 9.73. The zero-order chi connectivity index (χ0) is 11.7. The molecule has 3 rings (SSSR count). The second-order valence-corrected chi connectivity index (χ2v) is 4.18. The molecule has 0 spiro atoms. The Morgan fingerprint density at radius 2 is 2.35 bits per heavy atom. The predicted octanol–water partition coefficient (Wildman–Crippen LogP) is 1.65. The van der Waals surface area contributed by atoms with Crippen LogP contribution >= 0.6 is 0 Å². The van der Waals surface area contributed by atoms with Crippen LogP contribution < -0.4 is 10.1 Å². The summed E-state index contributed by atoms with van der Waals surface area (Å²) in [6.45, 7) is 0.969. The number of aromatic amines is 1. The third kappa shape index (κ3) is 1.80. The number of imidazole rings is 1. The van der Waals surface area contributed by atoms with Crippen LogP contribution in [0.4, 0.5) is 0 Å². The molecule has 1 atom stereocenters. The lowest BCUT2D eigenvalue weighted by molar-refractivity contribution is 0.413. The lowest BCUT2D eigenvalue weighted by Gasteiger charge is -2.23. The molecule has 1 aliphatic heterocycles. The number of nitrogens with one attached hydrogen (secondary N) is 2. The Morgan fingerprint density at radius 1 is 1.41 bits per heavy atom. The van der Waals surface area contributed by atoms with Gasteiger partial charge in [0.25, 0.3) is 0 Å². The van der Waals surface area contributed by atoms with Gasteiger partial charge in [-0.05, 0) is 17.7 Å². The van der Waals surface area contributed by atoms with E-state index in [1.54, 1.807) is 13.4 Å². The van der Waals surface area contributed by atoms with E-state index in [2.05, 4.69) is 27.4 Å². The normalized spacial score (nSPS) is 18.8. The van der Waals surface area contributed by atoms with E-state index in [9.17, 15) is 0 Å². The number of hydrogen-bond acceptors (Lipinski definition) is 3. The van der Waals surface area contributed by atoms with Gasteiger partial charge in [0.05, 0.1) is 25.2 Å². The van der Waals surface area contributed by atoms with Crippen LogP contribution in [0.2, 0.25) is 0 Å². The lowest BCUT2D eigenvalue weighted by atomic mass is 9.98. The van der Waals surface area contributed by atoms with Crippen molar-refractivity contribution in [2.75, 3.05) is 13.7 Å². The van der Waals surface area contributed by atoms with Crippen LogP contribution in [-0.4, -0.2) is 23.6 Å². The number of ether oxygens (including phenoxy) is 1. The van der Waals surface area contributed by atoms with E-state index in [1.807, 2.05) is 12.1 Å². The Kier molecular flexibility index (Phi) is 2.57. The van der Waals surface area contributed by atoms with Crippen molar-refractivity contribution in [1.29, 1.82) is 0 Å². The van der Waals surface area contributed by atoms with Crippen LogP contribution in [0, 0.1) is 0 Å². The smallest absolute Gasteiger partial charge is 0.119 e. The largest absolute Gasteiger partial charge is 0.497 e. The van der Waals surface area contributed by atoms with Crippen LogP contribution in [-0.2, 0) is 6.42 Å². The molecule has 0 bridgehead atoms. The van der Waals surface area contributed by atoms with Gasteiger partial charge in [-0.3, -0.25) is 0 Å². The topological polar surface area (TPSA) is 49.9 Å². The Balaban J connectivity index is 2.00. The highest BCUT2D eigenvalue weighted by Gasteiger charge is 2.23. The molecule has 0 saturated carbocycles. The number of H-pyrrole nitrogens is 1. The molecule has 0 amide bonds. The minimum atomic E-state index is 0.167. The summed E-state index contributed by atoms with van der Waals surface area (Å²) in [6, 6.07) is 8.29. The fourth-order valence-electron chi connectivity index (χ4n) is 2.32. The predicted molar refractivity (Wildman–Crippen MR) is 65.1 cm³/mol. The van der Waals surface area contributed by atoms with Crippen molar-refractivity contribution < 1.29 is 4.74 Å². The van der Waals surface area contributed by atoms with Crippen LogP contribution in [0.15, 0.2) is 30.6 Å². The molecule has 88 valence electrons. The number of hydrogen-bond donors (Lipinski definition) is 2. The van der Waals surface area contributed by atoms with Gasteiger partial charge in [-0.2, -0.15) is 0 Å². The van der Waals surface area contributed by atoms with Crippen LogP contribution in [0.5, 0.6) is 5.75 Å². The Labute approximate surface area is 100 Å². The van der Waals surface area contributed by atoms with E-state index in [1.165, 1.54) is 11.3 Å². The van der Waals surface area contributed by atoms with E-state index < -0.39 is 0 Å². The van der Waals surface area contributed by atoms with Crippen molar-refractivity contribution in [3.63, 3.8) is 0 Å². The first kappa shape index (κ1) is 10.4. The molecule has 2 N–H and O–H groups in total. The minimum Gasteiger partial charge on any atom is -0.497 e. The highest BCUT2D eigenvalue weighted by atomic mass is 16.5. The number of methoxy groups -OCH3 is 1. The van der Waals surface area contributed by atoms with E-state index in [-0.39, 0.29) is 6.04 Å². The Bertz CT molecular complexity index is 521. The van der Waals surface area contributed by atoms with E-state index in [0.717, 1.165) is 24.4 Å². The van der Waals surface area contributed by atoms with Gasteiger partial charge in [-0.15, -0.1) is 0 Å². The van der Waals surface area contributed by atoms with Crippen molar-refractivity contribution in [2.45, 2.75) is 12.5 Å². The summed E-state index contributed by atoms with van der Waals surface area (Å²) in [4.78, 5) is 7.61. The molecule has 17 heavy (non-hydrogen) atoms. The fraction of sp³-hybridized carbons (Fsp3) is 0.308. The van der Waals surface area contributed by atoms with Crippen LogP contribution in [0.25, 0.3) is 0 Å². The standard InChI is InChI=1S/C13H15N3O/c1-17-10-4-2-3-9(7-10)12-13-11(5-6-14-12)15-8-16-13/h2-4,7-8,12,14H,5-6H2,1H3,(H,15,16)/t12-/m1/s1. The first-order valence-electron chi connectivity index (χ1n) is 5.78. The van der Waals surface area contributed by atoms with Gasteiger partial charge in [-0.1, -0.05) is 12.1 Å². The number of nitrogens with zero attached hydrogens (tertiary/aromatic N) is 1. The fourth-order valence-corrected chi connectivity index (χ4v) is 2.32. The van der Waals surface area contributed by atoms with Crippen molar-refractivity contribution >= 4 is 0 Å². The molecule has 1 aromatic heterocycles. The van der Waals surface area contributed by atoms with Crippen molar-refractivity contribution in [1.82, 2.24) is 15.3 Å². The van der Waals surface area contributed by atoms with Gasteiger partial charge in [-0.25, -0.2) is 4.98 Å². The third-order valence-corrected chi connectivity index (χ3v) is 3.18. The first-order chi connectivity index (χ1) is 8.38. The summed E-state index contributed by atoms with van der Waals surface area (Å²) in [5.41, 5.74) is 3.53. The van der Waals surface area contributed by atoms with Crippen molar-refractivity contribution in [3.05, 3.63) is 47.5 Å². The molecule has 0 aliphatic carbocycles. The second kappa shape index (κ2) is 4.22. The molecule has 1 aliphatic rings. The summed E-state index contributed by atoms with van der Waals surface area (Å²) in [5, 5.41) is 3.49. The maximum absolute atomic E-state index is 5.26. The maximum Gasteiger partial charge on any atom is 0.119 e. The average Bonchev–Trinajstić information content (AvgIpc) is 2.87. The van der Waals surface area contributed by atoms with Gasteiger partial charge in [0.1, 0.15) is 5.75 Å². The summed E-state index contributed by atoms with van der Waals surface area (Å²) >= 11 is 0. The Hall–Kier alpha value is -1.81. The van der Waals surface area contributed by atoms with E-state index in [4.69, 9.17) is 4.74 Å². The number of benzene rings is 1. The van der Waals surface area contributed by atoms with Crippen LogP contribution in [0.1, 0.15) is 23.0 Å². The van der Waals surface area contributed by atoms with Crippen molar-refractivity contribution in [2.24, 2.45) is 0 Å². The average molecular weight is 229 g/mol. The molecule has 1 aromatic carbocycles. The molecule has 2 aromatic rings. The van der Waals surface area contributed by atoms with E-state index in [0.29, 0.717) is 0 Å². The Morgan fingerprint density at radius 3 is 3.24 bits per heavy atom. The maximum atomic E-state index is 5.26. The quantitative estimate of drug-likeness (QED) is 0.823. The van der Waals surface area contributed by atoms with E-state index >= 15 is 0 Å². The molecule has 0 radical (unpaired) electrons. The second-order valence-electron chi connectivity index (χ2n) is 4.18. The SMILES string of the molecule is COc1cccc([C@H]2NCCc3[nH]cnc32)c1. The highest BCUT2D eigenvalue weighted by molar-refractivity contribution is 5.37. The third-order valence-electron chi connectivity index (χ3n) is 3.18. The lowest BCUT2D eigenvalue weighted by Crippen LogP contribution is -2.30. The molecule has 4 heteroatoms. The van der Waals surface area contributed by atoms with Gasteiger partial charge >= 0.3 is 0 Å². The molecule has 0 fully saturated rings. The molecule has 0 saturated heterocycles. The minimum absolute atomic E-state index is 0.167. The summed E-state index contributed by atoms with van der Waals surface area (Å²) in [5.74, 6) is 0.881.